The molecule has 118 valence electrons. The Morgan fingerprint density at radius 1 is 1.36 bits per heavy atom. The summed E-state index contributed by atoms with van der Waals surface area (Å²) in [6.07, 6.45) is 1.23. The van der Waals surface area contributed by atoms with E-state index in [0.717, 1.165) is 12.1 Å². The molecule has 0 radical (unpaired) electrons. The molecule has 0 aliphatic heterocycles. The van der Waals surface area contributed by atoms with Gasteiger partial charge in [0.1, 0.15) is 16.5 Å². The van der Waals surface area contributed by atoms with Gasteiger partial charge in [0.15, 0.2) is 9.84 Å². The zero-order valence-corrected chi connectivity index (χ0v) is 14.3. The minimum absolute atomic E-state index is 0.0973. The second-order valence-electron chi connectivity index (χ2n) is 4.25. The largest absolute Gasteiger partial charge is 0.480 e. The molecule has 0 saturated carbocycles. The van der Waals surface area contributed by atoms with Gasteiger partial charge in [0.2, 0.25) is 5.88 Å². The standard InChI is InChI=1S/C13H9BrClF2NO3S/c1-21-13-10(4-8(15)5-18-13)22(19,20)6-7-2-3-9(16)11(14)12(7)17/h2-5H,6H2,1H3. The van der Waals surface area contributed by atoms with E-state index in [1.54, 1.807) is 0 Å². The van der Waals surface area contributed by atoms with Crippen molar-refractivity contribution in [2.24, 2.45) is 0 Å². The zero-order chi connectivity index (χ0) is 16.5. The summed E-state index contributed by atoms with van der Waals surface area (Å²) in [5, 5.41) is 0.0973. The molecular formula is C13H9BrClF2NO3S. The van der Waals surface area contributed by atoms with Crippen LogP contribution >= 0.6 is 27.5 Å². The first-order chi connectivity index (χ1) is 10.3. The van der Waals surface area contributed by atoms with Crippen molar-refractivity contribution in [1.82, 2.24) is 4.98 Å². The quantitative estimate of drug-likeness (QED) is 0.718. The van der Waals surface area contributed by atoms with Crippen LogP contribution < -0.4 is 4.74 Å². The molecule has 0 spiro atoms. The van der Waals surface area contributed by atoms with Gasteiger partial charge in [0.25, 0.3) is 0 Å². The molecule has 9 heteroatoms. The van der Waals surface area contributed by atoms with Crippen molar-refractivity contribution in [3.05, 3.63) is 51.1 Å². The van der Waals surface area contributed by atoms with Crippen molar-refractivity contribution >= 4 is 37.4 Å². The molecule has 1 aromatic carbocycles. The van der Waals surface area contributed by atoms with E-state index in [4.69, 9.17) is 16.3 Å². The molecule has 0 aliphatic rings. The highest BCUT2D eigenvalue weighted by molar-refractivity contribution is 9.10. The Morgan fingerprint density at radius 3 is 2.68 bits per heavy atom. The average molecular weight is 413 g/mol. The number of sulfone groups is 1. The number of hydrogen-bond donors (Lipinski definition) is 0. The number of pyridine rings is 1. The van der Waals surface area contributed by atoms with Gasteiger partial charge >= 0.3 is 0 Å². The second kappa shape index (κ2) is 6.47. The van der Waals surface area contributed by atoms with Crippen molar-refractivity contribution in [3.63, 3.8) is 0 Å². The molecule has 0 aliphatic carbocycles. The molecule has 2 rings (SSSR count). The number of methoxy groups -OCH3 is 1. The minimum atomic E-state index is -3.99. The van der Waals surface area contributed by atoms with E-state index in [1.165, 1.54) is 19.4 Å². The van der Waals surface area contributed by atoms with Gasteiger partial charge < -0.3 is 4.74 Å². The van der Waals surface area contributed by atoms with Crippen LogP contribution in [0.5, 0.6) is 5.88 Å². The maximum atomic E-state index is 13.9. The Labute approximate surface area is 139 Å². The molecule has 0 amide bonds. The van der Waals surface area contributed by atoms with Gasteiger partial charge in [-0.25, -0.2) is 22.2 Å². The number of aromatic nitrogens is 1. The zero-order valence-electron chi connectivity index (χ0n) is 11.1. The number of ether oxygens (including phenoxy) is 1. The van der Waals surface area contributed by atoms with Gasteiger partial charge in [0, 0.05) is 11.8 Å². The molecule has 0 N–H and O–H groups in total. The van der Waals surface area contributed by atoms with Crippen molar-refractivity contribution in [2.75, 3.05) is 7.11 Å². The maximum Gasteiger partial charge on any atom is 0.232 e. The molecule has 0 bridgehead atoms. The second-order valence-corrected chi connectivity index (χ2v) is 7.44. The van der Waals surface area contributed by atoms with Crippen LogP contribution in [0.1, 0.15) is 5.56 Å². The van der Waals surface area contributed by atoms with E-state index in [-0.39, 0.29) is 21.4 Å². The molecule has 2 aromatic rings. The van der Waals surface area contributed by atoms with Crippen molar-refractivity contribution in [3.8, 4) is 5.88 Å². The Hall–Kier alpha value is -1.25. The molecule has 4 nitrogen and oxygen atoms in total. The predicted octanol–water partition coefficient (Wildman–Crippen LogP) is 3.76. The lowest BCUT2D eigenvalue weighted by Crippen LogP contribution is -2.09. The van der Waals surface area contributed by atoms with E-state index < -0.39 is 31.7 Å². The SMILES string of the molecule is COc1ncc(Cl)cc1S(=O)(=O)Cc1ccc(F)c(Br)c1F. The lowest BCUT2D eigenvalue weighted by molar-refractivity contribution is 0.385. The summed E-state index contributed by atoms with van der Waals surface area (Å²) in [5.74, 6) is -2.63. The normalized spacial score (nSPS) is 11.5. The first-order valence-electron chi connectivity index (χ1n) is 5.81. The summed E-state index contributed by atoms with van der Waals surface area (Å²) >= 11 is 8.48. The lowest BCUT2D eigenvalue weighted by atomic mass is 10.2. The van der Waals surface area contributed by atoms with Crippen LogP contribution in [-0.2, 0) is 15.6 Å². The molecule has 1 heterocycles. The highest BCUT2D eigenvalue weighted by Gasteiger charge is 2.24. The molecular weight excluding hydrogens is 404 g/mol. The Bertz CT molecular complexity index is 830. The third kappa shape index (κ3) is 3.39. The number of nitrogens with zero attached hydrogens (tertiary/aromatic N) is 1. The third-order valence-corrected chi connectivity index (χ3v) is 5.36. The first-order valence-corrected chi connectivity index (χ1v) is 8.63. The summed E-state index contributed by atoms with van der Waals surface area (Å²) in [5.41, 5.74) is -0.185. The van der Waals surface area contributed by atoms with E-state index in [1.807, 2.05) is 0 Å². The van der Waals surface area contributed by atoms with Crippen LogP contribution in [0.2, 0.25) is 5.02 Å². The Balaban J connectivity index is 2.49. The van der Waals surface area contributed by atoms with Gasteiger partial charge in [-0.3, -0.25) is 0 Å². The van der Waals surface area contributed by atoms with E-state index >= 15 is 0 Å². The smallest absolute Gasteiger partial charge is 0.232 e. The first kappa shape index (κ1) is 17.1. The van der Waals surface area contributed by atoms with Crippen LogP contribution in [0.4, 0.5) is 8.78 Å². The molecule has 0 saturated heterocycles. The van der Waals surface area contributed by atoms with E-state index in [9.17, 15) is 17.2 Å². The fraction of sp³-hybridized carbons (Fsp3) is 0.154. The summed E-state index contributed by atoms with van der Waals surface area (Å²) < 4.78 is 56.5. The lowest BCUT2D eigenvalue weighted by Gasteiger charge is -2.10. The fourth-order valence-corrected chi connectivity index (χ4v) is 3.85. The maximum absolute atomic E-state index is 13.9. The summed E-state index contributed by atoms with van der Waals surface area (Å²) in [4.78, 5) is 3.50. The van der Waals surface area contributed by atoms with Crippen LogP contribution in [0.3, 0.4) is 0 Å². The molecule has 0 atom stereocenters. The topological polar surface area (TPSA) is 56.3 Å². The molecule has 22 heavy (non-hydrogen) atoms. The highest BCUT2D eigenvalue weighted by Crippen LogP contribution is 2.30. The summed E-state index contributed by atoms with van der Waals surface area (Å²) in [7, 11) is -2.73. The van der Waals surface area contributed by atoms with E-state index in [0.29, 0.717) is 0 Å². The predicted molar refractivity (Wildman–Crippen MR) is 80.7 cm³/mol. The van der Waals surface area contributed by atoms with Crippen LogP contribution in [-0.4, -0.2) is 20.5 Å². The van der Waals surface area contributed by atoms with Gasteiger partial charge in [-0.1, -0.05) is 17.7 Å². The number of benzene rings is 1. The fourth-order valence-electron chi connectivity index (χ4n) is 1.74. The monoisotopic (exact) mass is 411 g/mol. The number of halogens is 4. The van der Waals surface area contributed by atoms with Crippen molar-refractivity contribution in [1.29, 1.82) is 0 Å². The summed E-state index contributed by atoms with van der Waals surface area (Å²) in [6.45, 7) is 0. The molecule has 1 aromatic heterocycles. The Kier molecular flexibility index (Phi) is 5.03. The van der Waals surface area contributed by atoms with Crippen LogP contribution in [0, 0.1) is 11.6 Å². The number of rotatable bonds is 4. The van der Waals surface area contributed by atoms with Gasteiger partial charge in [0.05, 0.1) is 22.4 Å². The highest BCUT2D eigenvalue weighted by atomic mass is 79.9. The van der Waals surface area contributed by atoms with Gasteiger partial charge in [-0.15, -0.1) is 0 Å². The minimum Gasteiger partial charge on any atom is -0.480 e. The third-order valence-electron chi connectivity index (χ3n) is 2.77. The molecule has 0 unspecified atom stereocenters. The molecule has 0 fully saturated rings. The number of hydrogen-bond acceptors (Lipinski definition) is 4. The Morgan fingerprint density at radius 2 is 2.05 bits per heavy atom. The van der Waals surface area contributed by atoms with Crippen LogP contribution in [0.15, 0.2) is 33.8 Å². The van der Waals surface area contributed by atoms with E-state index in [2.05, 4.69) is 20.9 Å². The van der Waals surface area contributed by atoms with Gasteiger partial charge in [-0.2, -0.15) is 0 Å². The van der Waals surface area contributed by atoms with Crippen LogP contribution in [0.25, 0.3) is 0 Å². The van der Waals surface area contributed by atoms with Crippen molar-refractivity contribution < 1.29 is 21.9 Å². The summed E-state index contributed by atoms with van der Waals surface area (Å²) in [6, 6.07) is 3.21. The van der Waals surface area contributed by atoms with Gasteiger partial charge in [-0.05, 0) is 28.1 Å². The van der Waals surface area contributed by atoms with Crippen molar-refractivity contribution in [2.45, 2.75) is 10.6 Å². The average Bonchev–Trinajstić information content (AvgIpc) is 2.48.